The molecule has 2 unspecified atom stereocenters. The molecule has 0 fully saturated rings. The molecule has 72 heavy (non-hydrogen) atoms. The number of carbonyl (C=O) groups is 4. The predicted molar refractivity (Wildman–Crippen MR) is 278 cm³/mol. The zero-order valence-electron chi connectivity index (χ0n) is 39.2. The number of carboxylic acids is 2. The average Bonchev–Trinajstić information content (AvgIpc) is 4.27. The standard InChI is InChI=1S/C28H26N4O4S.C27H24N4O3S/c1-36-21-14-12-19(13-15-21)28-22(18-31(30-28)20-7-3-2-4-8-20)24-17-23(25-9-6-16-37-25)29-32(24)26(33)10-5-11-27(34)35;32-25(14-7-15-26(33)34)31-23(17-22(28-31)24-13-8-16-35-24)21-18-30(20-11-5-2-6-12-20)29-27(21)19-9-3-1-4-10-19/h2-4,6-9,12-16,18,24H,5,10-11,17H2,1H3,(H,34,35);1-6,8-13,16,18,23H,7,14-15,17H2,(H,33,34). The van der Waals surface area contributed by atoms with E-state index in [1.807, 2.05) is 172 Å². The number of aromatic nitrogens is 4. The van der Waals surface area contributed by atoms with E-state index in [4.69, 9.17) is 35.4 Å². The van der Waals surface area contributed by atoms with Crippen LogP contribution in [0.5, 0.6) is 5.75 Å². The molecule has 0 aliphatic carbocycles. The highest BCUT2D eigenvalue weighted by atomic mass is 32.1. The number of hydrogen-bond donors (Lipinski definition) is 2. The summed E-state index contributed by atoms with van der Waals surface area (Å²) in [4.78, 5) is 50.6. The molecule has 364 valence electrons. The van der Waals surface area contributed by atoms with Crippen LogP contribution in [0.15, 0.2) is 173 Å². The summed E-state index contributed by atoms with van der Waals surface area (Å²) in [5.41, 5.74) is 8.69. The lowest BCUT2D eigenvalue weighted by atomic mass is 9.98. The number of hydrazone groups is 2. The van der Waals surface area contributed by atoms with Crippen LogP contribution >= 0.6 is 22.7 Å². The van der Waals surface area contributed by atoms with Crippen LogP contribution in [0, 0.1) is 0 Å². The Kier molecular flexibility index (Phi) is 15.3. The maximum absolute atomic E-state index is 13.3. The molecule has 0 spiro atoms. The third-order valence-corrected chi connectivity index (χ3v) is 14.0. The van der Waals surface area contributed by atoms with Crippen molar-refractivity contribution in [3.8, 4) is 39.6 Å². The number of methoxy groups -OCH3 is 1. The summed E-state index contributed by atoms with van der Waals surface area (Å²) in [5, 5.41) is 44.4. The Hall–Kier alpha value is -8.28. The molecule has 8 aromatic rings. The van der Waals surface area contributed by atoms with Gasteiger partial charge in [0.05, 0.1) is 63.1 Å². The monoisotopic (exact) mass is 998 g/mol. The summed E-state index contributed by atoms with van der Waals surface area (Å²) in [5.74, 6) is -1.47. The van der Waals surface area contributed by atoms with Gasteiger partial charge in [0.15, 0.2) is 0 Å². The van der Waals surface area contributed by atoms with Crippen LogP contribution in [0.4, 0.5) is 0 Å². The Morgan fingerprint density at radius 1 is 0.542 bits per heavy atom. The molecule has 15 nitrogen and oxygen atoms in total. The van der Waals surface area contributed by atoms with E-state index in [-0.39, 0.29) is 62.4 Å². The van der Waals surface area contributed by atoms with Gasteiger partial charge in [0.2, 0.25) is 11.8 Å². The molecule has 2 atom stereocenters. The lowest BCUT2D eigenvalue weighted by Crippen LogP contribution is -2.27. The van der Waals surface area contributed by atoms with Crippen molar-refractivity contribution < 1.29 is 34.1 Å². The van der Waals surface area contributed by atoms with Gasteiger partial charge < -0.3 is 14.9 Å². The SMILES string of the molecule is COc1ccc(-c2nn(-c3ccccc3)cc2C2CC(c3cccs3)=NN2C(=O)CCCC(=O)O)cc1.O=C(O)CCCC(=O)N1N=C(c2cccs2)CC1c1cn(-c2ccccc2)nc1-c1ccccc1. The smallest absolute Gasteiger partial charge is 0.303 e. The number of benzene rings is 4. The molecule has 6 heterocycles. The first-order valence-electron chi connectivity index (χ1n) is 23.4. The van der Waals surface area contributed by atoms with Gasteiger partial charge in [-0.05, 0) is 84.3 Å². The third kappa shape index (κ3) is 11.3. The van der Waals surface area contributed by atoms with E-state index < -0.39 is 11.9 Å². The topological polar surface area (TPSA) is 185 Å². The molecule has 4 aromatic heterocycles. The van der Waals surface area contributed by atoms with Crippen LogP contribution in [0.25, 0.3) is 33.9 Å². The van der Waals surface area contributed by atoms with Crippen molar-refractivity contribution in [3.63, 3.8) is 0 Å². The van der Waals surface area contributed by atoms with Crippen molar-refractivity contribution in [2.24, 2.45) is 10.2 Å². The summed E-state index contributed by atoms with van der Waals surface area (Å²) in [6.45, 7) is 0. The molecule has 0 bridgehead atoms. The van der Waals surface area contributed by atoms with Gasteiger partial charge in [0.25, 0.3) is 0 Å². The second-order valence-corrected chi connectivity index (χ2v) is 18.9. The van der Waals surface area contributed by atoms with Crippen molar-refractivity contribution >= 4 is 57.8 Å². The van der Waals surface area contributed by atoms with E-state index in [1.54, 1.807) is 29.8 Å². The van der Waals surface area contributed by atoms with Crippen molar-refractivity contribution in [1.82, 2.24) is 29.6 Å². The quantitative estimate of drug-likeness (QED) is 0.0896. The number of ether oxygens (including phenoxy) is 1. The molecule has 0 saturated carbocycles. The lowest BCUT2D eigenvalue weighted by Gasteiger charge is -2.22. The first kappa shape index (κ1) is 48.7. The fourth-order valence-corrected chi connectivity index (χ4v) is 10.1. The molecule has 17 heteroatoms. The summed E-state index contributed by atoms with van der Waals surface area (Å²) in [6.07, 6.45) is 5.69. The number of carbonyl (C=O) groups excluding carboxylic acids is 2. The van der Waals surface area contributed by atoms with Gasteiger partial charge in [0.1, 0.15) is 5.75 Å². The van der Waals surface area contributed by atoms with Crippen molar-refractivity contribution in [2.75, 3.05) is 7.11 Å². The number of thiophene rings is 2. The lowest BCUT2D eigenvalue weighted by molar-refractivity contribution is -0.139. The zero-order valence-corrected chi connectivity index (χ0v) is 40.9. The van der Waals surface area contributed by atoms with Gasteiger partial charge in [-0.25, -0.2) is 19.4 Å². The maximum atomic E-state index is 13.3. The molecule has 2 N–H and O–H groups in total. The van der Waals surface area contributed by atoms with Crippen molar-refractivity contribution in [2.45, 2.75) is 63.5 Å². The van der Waals surface area contributed by atoms with E-state index in [0.29, 0.717) is 12.8 Å². The zero-order chi connectivity index (χ0) is 50.0. The number of carboxylic acid groups (broad SMARTS) is 2. The molecule has 4 aromatic carbocycles. The Bertz CT molecular complexity index is 3190. The molecule has 0 saturated heterocycles. The largest absolute Gasteiger partial charge is 0.497 e. The average molecular weight is 999 g/mol. The normalized spacial score (nSPS) is 15.1. The molecule has 2 amide bonds. The van der Waals surface area contributed by atoms with Crippen LogP contribution in [-0.2, 0) is 19.2 Å². The number of amides is 2. The van der Waals surface area contributed by atoms with E-state index in [9.17, 15) is 19.2 Å². The highest BCUT2D eigenvalue weighted by Gasteiger charge is 2.38. The fourth-order valence-electron chi connectivity index (χ4n) is 8.64. The number of aliphatic carboxylic acids is 2. The Labute approximate surface area is 423 Å². The Morgan fingerprint density at radius 3 is 1.35 bits per heavy atom. The Balaban J connectivity index is 0.000000178. The van der Waals surface area contributed by atoms with E-state index in [1.165, 1.54) is 10.0 Å². The summed E-state index contributed by atoms with van der Waals surface area (Å²) in [7, 11) is 1.63. The van der Waals surface area contributed by atoms with Crippen LogP contribution in [-0.4, -0.2) is 82.1 Å². The minimum absolute atomic E-state index is 0.0487. The number of hydrogen-bond acceptors (Lipinski definition) is 11. The molecule has 10 rings (SSSR count). The van der Waals surface area contributed by atoms with E-state index >= 15 is 0 Å². The number of para-hydroxylation sites is 2. The van der Waals surface area contributed by atoms with Gasteiger partial charge in [-0.15, -0.1) is 22.7 Å². The minimum Gasteiger partial charge on any atom is -0.497 e. The van der Waals surface area contributed by atoms with Gasteiger partial charge in [-0.2, -0.15) is 20.4 Å². The molecule has 0 radical (unpaired) electrons. The maximum Gasteiger partial charge on any atom is 0.303 e. The fraction of sp³-hybridized carbons (Fsp3) is 0.200. The van der Waals surface area contributed by atoms with Crippen molar-refractivity contribution in [3.05, 3.63) is 184 Å². The van der Waals surface area contributed by atoms with Crippen LogP contribution in [0.1, 0.15) is 84.3 Å². The Morgan fingerprint density at radius 2 is 0.958 bits per heavy atom. The van der Waals surface area contributed by atoms with Gasteiger partial charge >= 0.3 is 11.9 Å². The van der Waals surface area contributed by atoms with Gasteiger partial charge in [0, 0.05) is 73.2 Å². The predicted octanol–water partition coefficient (Wildman–Crippen LogP) is 11.1. The van der Waals surface area contributed by atoms with Crippen LogP contribution in [0.2, 0.25) is 0 Å². The number of nitrogens with zero attached hydrogens (tertiary/aromatic N) is 8. The third-order valence-electron chi connectivity index (χ3n) is 12.2. The van der Waals surface area contributed by atoms with E-state index in [0.717, 1.165) is 71.9 Å². The molecule has 2 aliphatic heterocycles. The molecular formula is C55H50N8O7S2. The summed E-state index contributed by atoms with van der Waals surface area (Å²) >= 11 is 3.17. The number of rotatable bonds is 17. The summed E-state index contributed by atoms with van der Waals surface area (Å²) in [6, 6.07) is 44.5. The first-order chi connectivity index (χ1) is 35.1. The highest BCUT2D eigenvalue weighted by molar-refractivity contribution is 7.12. The highest BCUT2D eigenvalue weighted by Crippen LogP contribution is 2.41. The second-order valence-electron chi connectivity index (χ2n) is 17.0. The van der Waals surface area contributed by atoms with Crippen LogP contribution in [0.3, 0.4) is 0 Å². The first-order valence-corrected chi connectivity index (χ1v) is 25.2. The molecule has 2 aliphatic rings. The summed E-state index contributed by atoms with van der Waals surface area (Å²) < 4.78 is 9.00. The van der Waals surface area contributed by atoms with Crippen molar-refractivity contribution in [1.29, 1.82) is 0 Å². The molecular weight excluding hydrogens is 949 g/mol. The van der Waals surface area contributed by atoms with E-state index in [2.05, 4.69) is 0 Å². The van der Waals surface area contributed by atoms with Gasteiger partial charge in [-0.3, -0.25) is 19.2 Å². The minimum atomic E-state index is -0.917. The second kappa shape index (κ2) is 22.6. The van der Waals surface area contributed by atoms with Gasteiger partial charge in [-0.1, -0.05) is 78.9 Å². The van der Waals surface area contributed by atoms with Crippen LogP contribution < -0.4 is 4.74 Å².